The molecular weight excluding hydrogens is 200 g/mol. The van der Waals surface area contributed by atoms with Gasteiger partial charge in [-0.1, -0.05) is 19.9 Å². The first-order chi connectivity index (χ1) is 7.52. The smallest absolute Gasteiger partial charge is 0.177 e. The molecule has 92 valence electrons. The SMILES string of the molecule is CC=CC1OC(C)C2CC(C)(C)CCC2O1. The summed E-state index contributed by atoms with van der Waals surface area (Å²) in [6.45, 7) is 8.91. The Morgan fingerprint density at radius 1 is 1.25 bits per heavy atom. The van der Waals surface area contributed by atoms with Crippen LogP contribution in [0.5, 0.6) is 0 Å². The molecule has 1 heterocycles. The maximum atomic E-state index is 5.99. The lowest BCUT2D eigenvalue weighted by Gasteiger charge is -2.47. The fourth-order valence-corrected chi connectivity index (χ4v) is 3.02. The molecule has 0 aromatic heterocycles. The number of hydrogen-bond acceptors (Lipinski definition) is 2. The van der Waals surface area contributed by atoms with Crippen LogP contribution in [0.3, 0.4) is 0 Å². The third kappa shape index (κ3) is 2.49. The summed E-state index contributed by atoms with van der Waals surface area (Å²) in [6.07, 6.45) is 8.28. The molecule has 16 heavy (non-hydrogen) atoms. The van der Waals surface area contributed by atoms with E-state index in [-0.39, 0.29) is 6.29 Å². The molecule has 0 aromatic rings. The summed E-state index contributed by atoms with van der Waals surface area (Å²) in [4.78, 5) is 0. The van der Waals surface area contributed by atoms with Gasteiger partial charge in [-0.25, -0.2) is 0 Å². The third-order valence-electron chi connectivity index (χ3n) is 3.98. The maximum Gasteiger partial charge on any atom is 0.177 e. The molecule has 1 aliphatic carbocycles. The van der Waals surface area contributed by atoms with E-state index >= 15 is 0 Å². The Balaban J connectivity index is 2.04. The zero-order valence-electron chi connectivity index (χ0n) is 10.9. The van der Waals surface area contributed by atoms with E-state index < -0.39 is 0 Å². The van der Waals surface area contributed by atoms with Gasteiger partial charge in [0, 0.05) is 5.92 Å². The van der Waals surface area contributed by atoms with Crippen LogP contribution in [-0.2, 0) is 9.47 Å². The predicted octanol–water partition coefficient (Wildman–Crippen LogP) is 3.52. The Hall–Kier alpha value is -0.340. The lowest BCUT2D eigenvalue weighted by Crippen LogP contribution is -2.48. The Morgan fingerprint density at radius 2 is 2.00 bits per heavy atom. The van der Waals surface area contributed by atoms with Crippen molar-refractivity contribution in [3.05, 3.63) is 12.2 Å². The lowest BCUT2D eigenvalue weighted by molar-refractivity contribution is -0.258. The van der Waals surface area contributed by atoms with E-state index in [1.807, 2.05) is 19.1 Å². The number of allylic oxidation sites excluding steroid dienone is 1. The van der Waals surface area contributed by atoms with E-state index in [0.717, 1.165) is 0 Å². The summed E-state index contributed by atoms with van der Waals surface area (Å²) < 4.78 is 11.9. The van der Waals surface area contributed by atoms with Gasteiger partial charge in [-0.05, 0) is 44.6 Å². The molecule has 4 unspecified atom stereocenters. The topological polar surface area (TPSA) is 18.5 Å². The number of ether oxygens (including phenoxy) is 2. The van der Waals surface area contributed by atoms with Crippen molar-refractivity contribution >= 4 is 0 Å². The Morgan fingerprint density at radius 3 is 2.69 bits per heavy atom. The van der Waals surface area contributed by atoms with Gasteiger partial charge in [-0.2, -0.15) is 0 Å². The molecule has 2 aliphatic rings. The van der Waals surface area contributed by atoms with Crippen LogP contribution in [0, 0.1) is 11.3 Å². The van der Waals surface area contributed by atoms with Gasteiger partial charge in [0.2, 0.25) is 0 Å². The summed E-state index contributed by atoms with van der Waals surface area (Å²) >= 11 is 0. The molecule has 0 N–H and O–H groups in total. The summed E-state index contributed by atoms with van der Waals surface area (Å²) in [5.41, 5.74) is 0.454. The number of fused-ring (bicyclic) bond motifs is 1. The molecule has 0 amide bonds. The quantitative estimate of drug-likeness (QED) is 0.634. The second kappa shape index (κ2) is 4.50. The van der Waals surface area contributed by atoms with E-state index in [0.29, 0.717) is 23.5 Å². The van der Waals surface area contributed by atoms with E-state index in [2.05, 4.69) is 20.8 Å². The molecule has 1 saturated heterocycles. The normalized spacial score (nSPS) is 43.2. The van der Waals surface area contributed by atoms with Crippen molar-refractivity contribution in [1.29, 1.82) is 0 Å². The largest absolute Gasteiger partial charge is 0.346 e. The highest BCUT2D eigenvalue weighted by Crippen LogP contribution is 2.44. The van der Waals surface area contributed by atoms with Crippen molar-refractivity contribution in [1.82, 2.24) is 0 Å². The monoisotopic (exact) mass is 224 g/mol. The minimum atomic E-state index is -0.123. The fourth-order valence-electron chi connectivity index (χ4n) is 3.02. The van der Waals surface area contributed by atoms with Crippen LogP contribution in [-0.4, -0.2) is 18.5 Å². The highest BCUT2D eigenvalue weighted by Gasteiger charge is 2.42. The van der Waals surface area contributed by atoms with Gasteiger partial charge >= 0.3 is 0 Å². The van der Waals surface area contributed by atoms with Crippen LogP contribution >= 0.6 is 0 Å². The summed E-state index contributed by atoms with van der Waals surface area (Å²) in [6, 6.07) is 0. The van der Waals surface area contributed by atoms with Crippen LogP contribution < -0.4 is 0 Å². The third-order valence-corrected chi connectivity index (χ3v) is 3.98. The zero-order valence-corrected chi connectivity index (χ0v) is 10.9. The van der Waals surface area contributed by atoms with Gasteiger partial charge in [0.15, 0.2) is 6.29 Å². The minimum Gasteiger partial charge on any atom is -0.346 e. The molecule has 2 rings (SSSR count). The van der Waals surface area contributed by atoms with E-state index in [1.165, 1.54) is 19.3 Å². The highest BCUT2D eigenvalue weighted by atomic mass is 16.7. The maximum absolute atomic E-state index is 5.99. The van der Waals surface area contributed by atoms with Crippen molar-refractivity contribution in [2.45, 2.75) is 65.5 Å². The van der Waals surface area contributed by atoms with Gasteiger partial charge in [-0.15, -0.1) is 0 Å². The van der Waals surface area contributed by atoms with Crippen LogP contribution in [0.25, 0.3) is 0 Å². The second-order valence-electron chi connectivity index (χ2n) is 5.98. The predicted molar refractivity (Wildman–Crippen MR) is 65.1 cm³/mol. The molecule has 4 atom stereocenters. The Bertz CT molecular complexity index is 270. The second-order valence-corrected chi connectivity index (χ2v) is 5.98. The van der Waals surface area contributed by atoms with Gasteiger partial charge < -0.3 is 9.47 Å². The zero-order chi connectivity index (χ0) is 11.8. The van der Waals surface area contributed by atoms with Gasteiger partial charge in [0.05, 0.1) is 12.2 Å². The molecule has 1 aliphatic heterocycles. The molecular formula is C14H24O2. The van der Waals surface area contributed by atoms with Crippen molar-refractivity contribution in [2.75, 3.05) is 0 Å². The summed E-state index contributed by atoms with van der Waals surface area (Å²) in [7, 11) is 0. The Labute approximate surface area is 99.0 Å². The average Bonchev–Trinajstić information content (AvgIpc) is 2.19. The summed E-state index contributed by atoms with van der Waals surface area (Å²) in [5.74, 6) is 0.574. The molecule has 1 saturated carbocycles. The van der Waals surface area contributed by atoms with E-state index in [4.69, 9.17) is 9.47 Å². The van der Waals surface area contributed by atoms with Crippen molar-refractivity contribution in [3.8, 4) is 0 Å². The van der Waals surface area contributed by atoms with Crippen LogP contribution in [0.2, 0.25) is 0 Å². The molecule has 0 radical (unpaired) electrons. The minimum absolute atomic E-state index is 0.123. The first-order valence-electron chi connectivity index (χ1n) is 6.45. The van der Waals surface area contributed by atoms with Gasteiger partial charge in [-0.3, -0.25) is 0 Å². The van der Waals surface area contributed by atoms with E-state index in [9.17, 15) is 0 Å². The van der Waals surface area contributed by atoms with Gasteiger partial charge in [0.25, 0.3) is 0 Å². The standard InChI is InChI=1S/C14H24O2/c1-5-6-13-15-10(2)11-9-14(3,4)8-7-12(11)16-13/h5-6,10-13H,7-9H2,1-4H3. The fraction of sp³-hybridized carbons (Fsp3) is 0.857. The number of hydrogen-bond donors (Lipinski definition) is 0. The first-order valence-corrected chi connectivity index (χ1v) is 6.45. The van der Waals surface area contributed by atoms with Crippen LogP contribution in [0.1, 0.15) is 47.0 Å². The van der Waals surface area contributed by atoms with Crippen molar-refractivity contribution < 1.29 is 9.47 Å². The molecule has 2 fully saturated rings. The average molecular weight is 224 g/mol. The van der Waals surface area contributed by atoms with Crippen molar-refractivity contribution in [3.63, 3.8) is 0 Å². The van der Waals surface area contributed by atoms with E-state index in [1.54, 1.807) is 0 Å². The Kier molecular flexibility index (Phi) is 3.41. The molecule has 0 aromatic carbocycles. The van der Waals surface area contributed by atoms with Gasteiger partial charge in [0.1, 0.15) is 0 Å². The van der Waals surface area contributed by atoms with Crippen molar-refractivity contribution in [2.24, 2.45) is 11.3 Å². The number of rotatable bonds is 1. The van der Waals surface area contributed by atoms with Crippen LogP contribution in [0.15, 0.2) is 12.2 Å². The highest BCUT2D eigenvalue weighted by molar-refractivity contribution is 4.94. The molecule has 2 heteroatoms. The molecule has 0 spiro atoms. The first kappa shape index (κ1) is 12.1. The molecule has 0 bridgehead atoms. The summed E-state index contributed by atoms with van der Waals surface area (Å²) in [5, 5.41) is 0. The van der Waals surface area contributed by atoms with Crippen LogP contribution in [0.4, 0.5) is 0 Å². The molecule has 2 nitrogen and oxygen atoms in total. The lowest BCUT2D eigenvalue weighted by atomic mass is 9.69.